The molecule has 1 aromatic carbocycles. The first-order chi connectivity index (χ1) is 9.60. The van der Waals surface area contributed by atoms with Gasteiger partial charge in [0.25, 0.3) is 0 Å². The zero-order valence-electron chi connectivity index (χ0n) is 13.6. The highest BCUT2D eigenvalue weighted by Gasteiger charge is 2.27. The predicted molar refractivity (Wildman–Crippen MR) is 91.9 cm³/mol. The number of amidine groups is 1. The summed E-state index contributed by atoms with van der Waals surface area (Å²) in [5.74, 6) is 1.23. The lowest BCUT2D eigenvalue weighted by atomic mass is 9.78. The van der Waals surface area contributed by atoms with Crippen LogP contribution in [0.15, 0.2) is 28.7 Å². The predicted octanol–water partition coefficient (Wildman–Crippen LogP) is 4.46. The quantitative estimate of drug-likeness (QED) is 0.753. The summed E-state index contributed by atoms with van der Waals surface area (Å²) in [5, 5.41) is 12.6. The van der Waals surface area contributed by atoms with Gasteiger partial charge in [0.2, 0.25) is 0 Å². The molecule has 1 heterocycles. The number of hydrogen-bond acceptors (Lipinski definition) is 4. The van der Waals surface area contributed by atoms with E-state index in [0.717, 1.165) is 22.5 Å². The normalized spacial score (nSPS) is 15.6. The molecule has 0 aliphatic carbocycles. The van der Waals surface area contributed by atoms with Gasteiger partial charge in [-0.1, -0.05) is 41.5 Å². The zero-order chi connectivity index (χ0) is 15.8. The highest BCUT2D eigenvalue weighted by Crippen LogP contribution is 2.39. The highest BCUT2D eigenvalue weighted by molar-refractivity contribution is 8.00. The molecule has 0 unspecified atom stereocenters. The Labute approximate surface area is 131 Å². The van der Waals surface area contributed by atoms with Crippen LogP contribution in [0, 0.1) is 0 Å². The fourth-order valence-corrected chi connectivity index (χ4v) is 2.77. The van der Waals surface area contributed by atoms with Gasteiger partial charge in [0.05, 0.1) is 0 Å². The van der Waals surface area contributed by atoms with Crippen molar-refractivity contribution in [3.8, 4) is 5.75 Å². The Morgan fingerprint density at radius 3 is 1.90 bits per heavy atom. The molecule has 0 atom stereocenters. The Hall–Kier alpha value is -1.42. The van der Waals surface area contributed by atoms with E-state index < -0.39 is 0 Å². The van der Waals surface area contributed by atoms with E-state index in [1.54, 1.807) is 6.20 Å². The summed E-state index contributed by atoms with van der Waals surface area (Å²) in [6.07, 6.45) is 1.79. The van der Waals surface area contributed by atoms with Crippen molar-refractivity contribution in [1.29, 1.82) is 0 Å². The van der Waals surface area contributed by atoms with Gasteiger partial charge in [0.1, 0.15) is 11.6 Å². The van der Waals surface area contributed by atoms with Crippen molar-refractivity contribution in [3.05, 3.63) is 40.4 Å². The van der Waals surface area contributed by atoms with Crippen LogP contribution in [0.3, 0.4) is 0 Å². The van der Waals surface area contributed by atoms with Gasteiger partial charge in [-0.2, -0.15) is 0 Å². The summed E-state index contributed by atoms with van der Waals surface area (Å²) >= 11 is 1.50. The number of benzene rings is 1. The van der Waals surface area contributed by atoms with E-state index in [1.165, 1.54) is 11.9 Å². The van der Waals surface area contributed by atoms with E-state index in [9.17, 15) is 5.11 Å². The Balaban J connectivity index is 2.68. The number of nitrogens with zero attached hydrogens (tertiary/aromatic N) is 1. The maximum atomic E-state index is 10.7. The van der Waals surface area contributed by atoms with Gasteiger partial charge in [-0.05, 0) is 34.9 Å². The first-order valence-corrected chi connectivity index (χ1v) is 8.01. The van der Waals surface area contributed by atoms with Crippen molar-refractivity contribution < 1.29 is 5.11 Å². The minimum absolute atomic E-state index is 0.127. The SMILES string of the molecule is CC(C)(C)c1cc(C2=NC=CSN2)cc(C(C)(C)C)c1O. The molecule has 1 aliphatic rings. The average Bonchev–Trinajstić information content (AvgIpc) is 2.37. The van der Waals surface area contributed by atoms with Crippen LogP contribution < -0.4 is 4.72 Å². The van der Waals surface area contributed by atoms with Gasteiger partial charge in [-0.3, -0.25) is 0 Å². The Bertz CT molecular complexity index is 569. The third-order valence-electron chi connectivity index (χ3n) is 3.49. The standard InChI is InChI=1S/C17H24N2OS/c1-16(2,3)12-9-11(15-18-7-8-21-19-15)10-13(14(12)20)17(4,5)6/h7-10,20H,1-6H3,(H,18,19). The van der Waals surface area contributed by atoms with Crippen LogP contribution >= 0.6 is 11.9 Å². The third kappa shape index (κ3) is 3.43. The minimum Gasteiger partial charge on any atom is -0.507 e. The lowest BCUT2D eigenvalue weighted by molar-refractivity contribution is 0.423. The van der Waals surface area contributed by atoms with E-state index in [2.05, 4.69) is 51.3 Å². The van der Waals surface area contributed by atoms with Crippen LogP contribution in [0.2, 0.25) is 0 Å². The number of rotatable bonds is 1. The molecule has 2 rings (SSSR count). The molecular formula is C17H24N2OS. The van der Waals surface area contributed by atoms with E-state index in [0.29, 0.717) is 5.75 Å². The molecule has 0 spiro atoms. The minimum atomic E-state index is -0.127. The molecule has 0 amide bonds. The number of nitrogens with one attached hydrogen (secondary N) is 1. The first-order valence-electron chi connectivity index (χ1n) is 7.13. The van der Waals surface area contributed by atoms with Crippen molar-refractivity contribution in [2.45, 2.75) is 52.4 Å². The van der Waals surface area contributed by atoms with Crippen LogP contribution in [0.1, 0.15) is 58.2 Å². The number of aromatic hydroxyl groups is 1. The number of phenols is 1. The average molecular weight is 304 g/mol. The van der Waals surface area contributed by atoms with Gasteiger partial charge in [0, 0.05) is 28.3 Å². The molecule has 114 valence electrons. The molecule has 0 saturated heterocycles. The Kier molecular flexibility index (Phi) is 4.11. The van der Waals surface area contributed by atoms with E-state index >= 15 is 0 Å². The number of aliphatic imine (C=N–C) groups is 1. The number of hydrogen-bond donors (Lipinski definition) is 2. The fourth-order valence-electron chi connectivity index (χ4n) is 2.30. The number of phenolic OH excluding ortho intramolecular Hbond substituents is 1. The smallest absolute Gasteiger partial charge is 0.143 e. The van der Waals surface area contributed by atoms with Crippen LogP contribution in [0.4, 0.5) is 0 Å². The maximum absolute atomic E-state index is 10.7. The molecule has 1 aromatic rings. The Morgan fingerprint density at radius 2 is 1.52 bits per heavy atom. The summed E-state index contributed by atoms with van der Waals surface area (Å²) in [7, 11) is 0. The second-order valence-corrected chi connectivity index (χ2v) is 8.11. The fraction of sp³-hybridized carbons (Fsp3) is 0.471. The summed E-state index contributed by atoms with van der Waals surface area (Å²) in [4.78, 5) is 4.40. The second-order valence-electron chi connectivity index (χ2n) is 7.40. The second kappa shape index (κ2) is 5.41. The topological polar surface area (TPSA) is 44.6 Å². The van der Waals surface area contributed by atoms with Crippen LogP contribution in [0.25, 0.3) is 0 Å². The molecule has 0 bridgehead atoms. The summed E-state index contributed by atoms with van der Waals surface area (Å²) in [6, 6.07) is 4.08. The lowest BCUT2D eigenvalue weighted by Crippen LogP contribution is -2.23. The maximum Gasteiger partial charge on any atom is 0.143 e. The van der Waals surface area contributed by atoms with Crippen molar-refractivity contribution in [2.75, 3.05) is 0 Å². The molecule has 4 heteroatoms. The molecule has 2 N–H and O–H groups in total. The summed E-state index contributed by atoms with van der Waals surface area (Å²) < 4.78 is 3.21. The van der Waals surface area contributed by atoms with Gasteiger partial charge < -0.3 is 9.83 Å². The van der Waals surface area contributed by atoms with Crippen molar-refractivity contribution in [1.82, 2.24) is 4.72 Å². The lowest BCUT2D eigenvalue weighted by Gasteiger charge is -2.28. The van der Waals surface area contributed by atoms with Gasteiger partial charge in [-0.15, -0.1) is 0 Å². The molecule has 0 fully saturated rings. The third-order valence-corrected chi connectivity index (χ3v) is 4.06. The van der Waals surface area contributed by atoms with Crippen LogP contribution in [-0.2, 0) is 10.8 Å². The highest BCUT2D eigenvalue weighted by atomic mass is 32.2. The molecule has 0 radical (unpaired) electrons. The molecular weight excluding hydrogens is 280 g/mol. The summed E-state index contributed by atoms with van der Waals surface area (Å²) in [6.45, 7) is 12.7. The monoisotopic (exact) mass is 304 g/mol. The van der Waals surface area contributed by atoms with E-state index in [1.807, 2.05) is 17.5 Å². The molecule has 1 aliphatic heterocycles. The Morgan fingerprint density at radius 1 is 1.00 bits per heavy atom. The molecule has 3 nitrogen and oxygen atoms in total. The van der Waals surface area contributed by atoms with Crippen molar-refractivity contribution in [2.24, 2.45) is 4.99 Å². The molecule has 21 heavy (non-hydrogen) atoms. The largest absolute Gasteiger partial charge is 0.507 e. The zero-order valence-corrected chi connectivity index (χ0v) is 14.4. The van der Waals surface area contributed by atoms with E-state index in [-0.39, 0.29) is 10.8 Å². The van der Waals surface area contributed by atoms with Crippen LogP contribution in [0.5, 0.6) is 5.75 Å². The molecule has 0 saturated carbocycles. The van der Waals surface area contributed by atoms with Gasteiger partial charge >= 0.3 is 0 Å². The van der Waals surface area contributed by atoms with Crippen molar-refractivity contribution >= 4 is 17.8 Å². The van der Waals surface area contributed by atoms with Gasteiger partial charge in [0.15, 0.2) is 0 Å². The summed E-state index contributed by atoms with van der Waals surface area (Å²) in [5.41, 5.74) is 2.67. The van der Waals surface area contributed by atoms with Crippen LogP contribution in [-0.4, -0.2) is 10.9 Å². The van der Waals surface area contributed by atoms with E-state index in [4.69, 9.17) is 0 Å². The molecule has 0 aromatic heterocycles. The van der Waals surface area contributed by atoms with Gasteiger partial charge in [-0.25, -0.2) is 4.99 Å². The van der Waals surface area contributed by atoms with Crippen molar-refractivity contribution in [3.63, 3.8) is 0 Å². The first kappa shape index (κ1) is 16.0.